The third-order valence-corrected chi connectivity index (χ3v) is 5.61. The monoisotopic (exact) mass is 454 g/mol. The molecule has 2 aromatic carbocycles. The Morgan fingerprint density at radius 3 is 2.61 bits per heavy atom. The number of Topliss-reactive ketones (excluding diaryl/α,β-unsaturated/α-hetero) is 1. The van der Waals surface area contributed by atoms with E-state index in [1.54, 1.807) is 18.2 Å². The molecule has 1 saturated heterocycles. The zero-order valence-corrected chi connectivity index (χ0v) is 18.7. The number of morpholine rings is 1. The molecule has 0 radical (unpaired) electrons. The molecule has 0 atom stereocenters. The summed E-state index contributed by atoms with van der Waals surface area (Å²) < 4.78 is 22.2. The number of hydrogen-bond acceptors (Lipinski definition) is 7. The SMILES string of the molecule is O=C(CCC(=O)c1ccc2c(c1)OCCO2)NCc1cccc(OCCN2CCOCC2)c1. The fourth-order valence-corrected chi connectivity index (χ4v) is 3.74. The Morgan fingerprint density at radius 1 is 0.939 bits per heavy atom. The van der Waals surface area contributed by atoms with Gasteiger partial charge >= 0.3 is 0 Å². The predicted octanol–water partition coefficient (Wildman–Crippen LogP) is 2.45. The number of amides is 1. The van der Waals surface area contributed by atoms with Gasteiger partial charge in [0, 0.05) is 44.6 Å². The maximum absolute atomic E-state index is 12.5. The highest BCUT2D eigenvalue weighted by Crippen LogP contribution is 2.31. The molecule has 0 aromatic heterocycles. The van der Waals surface area contributed by atoms with Crippen molar-refractivity contribution >= 4 is 11.7 Å². The maximum Gasteiger partial charge on any atom is 0.220 e. The molecule has 1 fully saturated rings. The molecule has 2 aromatic rings. The molecule has 2 heterocycles. The van der Waals surface area contributed by atoms with E-state index >= 15 is 0 Å². The van der Waals surface area contributed by atoms with E-state index in [0.29, 0.717) is 43.4 Å². The van der Waals surface area contributed by atoms with Gasteiger partial charge in [0.15, 0.2) is 17.3 Å². The van der Waals surface area contributed by atoms with Crippen LogP contribution in [0, 0.1) is 0 Å². The minimum Gasteiger partial charge on any atom is -0.492 e. The minimum absolute atomic E-state index is 0.0993. The van der Waals surface area contributed by atoms with Crippen LogP contribution in [0.15, 0.2) is 42.5 Å². The quantitative estimate of drug-likeness (QED) is 0.552. The number of rotatable bonds is 10. The van der Waals surface area contributed by atoms with Gasteiger partial charge in [-0.3, -0.25) is 14.5 Å². The van der Waals surface area contributed by atoms with E-state index in [9.17, 15) is 9.59 Å². The van der Waals surface area contributed by atoms with Gasteiger partial charge in [-0.2, -0.15) is 0 Å². The summed E-state index contributed by atoms with van der Waals surface area (Å²) in [4.78, 5) is 27.0. The van der Waals surface area contributed by atoms with Gasteiger partial charge in [-0.15, -0.1) is 0 Å². The topological polar surface area (TPSA) is 86.3 Å². The Hall–Kier alpha value is -3.10. The van der Waals surface area contributed by atoms with Gasteiger partial charge in [0.1, 0.15) is 25.6 Å². The van der Waals surface area contributed by atoms with Crippen LogP contribution in [0.2, 0.25) is 0 Å². The average molecular weight is 455 g/mol. The molecular weight excluding hydrogens is 424 g/mol. The van der Waals surface area contributed by atoms with Crippen molar-refractivity contribution in [2.24, 2.45) is 0 Å². The summed E-state index contributed by atoms with van der Waals surface area (Å²) in [6.45, 7) is 6.25. The van der Waals surface area contributed by atoms with Gasteiger partial charge in [-0.1, -0.05) is 12.1 Å². The lowest BCUT2D eigenvalue weighted by Crippen LogP contribution is -2.38. The number of ketones is 1. The molecule has 4 rings (SSSR count). The van der Waals surface area contributed by atoms with Gasteiger partial charge in [-0.25, -0.2) is 0 Å². The predicted molar refractivity (Wildman–Crippen MR) is 122 cm³/mol. The first kappa shape index (κ1) is 23.1. The second kappa shape index (κ2) is 11.7. The third-order valence-electron chi connectivity index (χ3n) is 5.61. The van der Waals surface area contributed by atoms with Crippen LogP contribution in [0.25, 0.3) is 0 Å². The fourth-order valence-electron chi connectivity index (χ4n) is 3.74. The van der Waals surface area contributed by atoms with Crippen LogP contribution in [-0.2, 0) is 16.1 Å². The Balaban J connectivity index is 1.18. The van der Waals surface area contributed by atoms with Crippen LogP contribution in [0.5, 0.6) is 17.2 Å². The lowest BCUT2D eigenvalue weighted by atomic mass is 10.1. The number of nitrogens with zero attached hydrogens (tertiary/aromatic N) is 1. The fraction of sp³-hybridized carbons (Fsp3) is 0.440. The van der Waals surface area contributed by atoms with E-state index in [1.807, 2.05) is 24.3 Å². The molecule has 0 unspecified atom stereocenters. The smallest absolute Gasteiger partial charge is 0.220 e. The van der Waals surface area contributed by atoms with Gasteiger partial charge in [0.2, 0.25) is 5.91 Å². The van der Waals surface area contributed by atoms with Crippen LogP contribution in [-0.4, -0.2) is 69.3 Å². The molecule has 0 aliphatic carbocycles. The molecule has 2 aliphatic rings. The summed E-state index contributed by atoms with van der Waals surface area (Å²) in [6.07, 6.45) is 0.263. The lowest BCUT2D eigenvalue weighted by Gasteiger charge is -2.26. The molecule has 1 N–H and O–H groups in total. The van der Waals surface area contributed by atoms with E-state index in [-0.39, 0.29) is 24.5 Å². The van der Waals surface area contributed by atoms with Crippen LogP contribution in [0.4, 0.5) is 0 Å². The largest absolute Gasteiger partial charge is 0.492 e. The van der Waals surface area contributed by atoms with E-state index < -0.39 is 0 Å². The van der Waals surface area contributed by atoms with Crippen molar-refractivity contribution in [3.05, 3.63) is 53.6 Å². The average Bonchev–Trinajstić information content (AvgIpc) is 2.86. The van der Waals surface area contributed by atoms with E-state index in [2.05, 4.69) is 10.2 Å². The van der Waals surface area contributed by atoms with Crippen LogP contribution >= 0.6 is 0 Å². The first-order chi connectivity index (χ1) is 16.2. The summed E-state index contributed by atoms with van der Waals surface area (Å²) in [5, 5.41) is 2.88. The Labute approximate surface area is 193 Å². The highest BCUT2D eigenvalue weighted by molar-refractivity contribution is 5.98. The molecule has 2 aliphatic heterocycles. The molecule has 0 spiro atoms. The normalized spacial score (nSPS) is 15.6. The third kappa shape index (κ3) is 6.94. The zero-order valence-electron chi connectivity index (χ0n) is 18.7. The molecule has 8 nitrogen and oxygen atoms in total. The number of fused-ring (bicyclic) bond motifs is 1. The summed E-state index contributed by atoms with van der Waals surface area (Å²) in [7, 11) is 0. The maximum atomic E-state index is 12.5. The molecule has 1 amide bonds. The minimum atomic E-state index is -0.167. The number of benzene rings is 2. The zero-order chi connectivity index (χ0) is 22.9. The van der Waals surface area contributed by atoms with Crippen LogP contribution in [0.1, 0.15) is 28.8 Å². The summed E-state index contributed by atoms with van der Waals surface area (Å²) >= 11 is 0. The Morgan fingerprint density at radius 2 is 1.76 bits per heavy atom. The second-order valence-corrected chi connectivity index (χ2v) is 8.01. The summed E-state index contributed by atoms with van der Waals surface area (Å²) in [5.41, 5.74) is 1.47. The second-order valence-electron chi connectivity index (χ2n) is 8.01. The van der Waals surface area contributed by atoms with Crippen LogP contribution in [0.3, 0.4) is 0 Å². The number of carbonyl (C=O) groups excluding carboxylic acids is 2. The summed E-state index contributed by atoms with van der Waals surface area (Å²) in [5.74, 6) is 1.73. The van der Waals surface area contributed by atoms with Crippen molar-refractivity contribution in [2.75, 3.05) is 52.7 Å². The molecular formula is C25H30N2O6. The number of nitrogens with one attached hydrogen (secondary N) is 1. The van der Waals surface area contributed by atoms with Crippen molar-refractivity contribution in [2.45, 2.75) is 19.4 Å². The van der Waals surface area contributed by atoms with Gasteiger partial charge in [-0.05, 0) is 35.9 Å². The molecule has 0 saturated carbocycles. The van der Waals surface area contributed by atoms with Crippen molar-refractivity contribution in [3.8, 4) is 17.2 Å². The number of hydrogen-bond donors (Lipinski definition) is 1. The van der Waals surface area contributed by atoms with Gasteiger partial charge < -0.3 is 24.3 Å². The summed E-state index contributed by atoms with van der Waals surface area (Å²) in [6, 6.07) is 12.8. The first-order valence-corrected chi connectivity index (χ1v) is 11.4. The standard InChI is InChI=1S/C25H30N2O6/c28-22(20-4-6-23-24(17-20)33-15-14-32-23)5-7-25(29)26-18-19-2-1-3-21(16-19)31-13-10-27-8-11-30-12-9-27/h1-4,6,16-17H,5,7-15,18H2,(H,26,29). The van der Waals surface area contributed by atoms with E-state index in [4.69, 9.17) is 18.9 Å². The molecule has 8 heteroatoms. The Kier molecular flexibility index (Phi) is 8.16. The van der Waals surface area contributed by atoms with Crippen molar-refractivity contribution in [3.63, 3.8) is 0 Å². The van der Waals surface area contributed by atoms with E-state index in [1.165, 1.54) is 0 Å². The Bertz CT molecular complexity index is 958. The lowest BCUT2D eigenvalue weighted by molar-refractivity contribution is -0.121. The first-order valence-electron chi connectivity index (χ1n) is 11.4. The highest BCUT2D eigenvalue weighted by atomic mass is 16.6. The van der Waals surface area contributed by atoms with Crippen molar-refractivity contribution in [1.29, 1.82) is 0 Å². The molecule has 0 bridgehead atoms. The van der Waals surface area contributed by atoms with Crippen molar-refractivity contribution < 1.29 is 28.5 Å². The molecule has 176 valence electrons. The van der Waals surface area contributed by atoms with Gasteiger partial charge in [0.25, 0.3) is 0 Å². The van der Waals surface area contributed by atoms with Crippen molar-refractivity contribution in [1.82, 2.24) is 10.2 Å². The number of carbonyl (C=O) groups is 2. The highest BCUT2D eigenvalue weighted by Gasteiger charge is 2.16. The van der Waals surface area contributed by atoms with E-state index in [0.717, 1.165) is 44.2 Å². The van der Waals surface area contributed by atoms with Crippen LogP contribution < -0.4 is 19.5 Å². The van der Waals surface area contributed by atoms with Gasteiger partial charge in [0.05, 0.1) is 13.2 Å². The molecule has 33 heavy (non-hydrogen) atoms. The number of ether oxygens (including phenoxy) is 4.